The number of nitrogens with one attached hydrogen (secondary N) is 1. The number of rotatable bonds is 7. The summed E-state index contributed by atoms with van der Waals surface area (Å²) in [6.07, 6.45) is 0.924. The standard InChI is InChI=1S/C20H22N4O6S2/c1-12(2)22-17-9-8-14(10-18(17)31-20(22)26)21-19(25)13(3)23(32(4,29)30)15-6-5-7-16(11-15)24(27)28/h5-13H,1-4H3,(H,21,25). The van der Waals surface area contributed by atoms with E-state index in [2.05, 4.69) is 5.32 Å². The average Bonchev–Trinajstić information content (AvgIpc) is 3.02. The van der Waals surface area contributed by atoms with Crippen molar-refractivity contribution in [2.75, 3.05) is 15.9 Å². The summed E-state index contributed by atoms with van der Waals surface area (Å²) in [6.45, 7) is 5.19. The number of amides is 1. The van der Waals surface area contributed by atoms with Crippen LogP contribution in [0.15, 0.2) is 47.3 Å². The van der Waals surface area contributed by atoms with Crippen molar-refractivity contribution in [1.29, 1.82) is 0 Å². The van der Waals surface area contributed by atoms with Gasteiger partial charge in [-0.25, -0.2) is 8.42 Å². The Bertz CT molecular complexity index is 1360. The fourth-order valence-electron chi connectivity index (χ4n) is 3.40. The topological polar surface area (TPSA) is 132 Å². The number of nitro groups is 1. The molecule has 170 valence electrons. The normalized spacial score (nSPS) is 12.7. The van der Waals surface area contributed by atoms with Crippen LogP contribution >= 0.6 is 11.3 Å². The lowest BCUT2D eigenvalue weighted by atomic mass is 10.2. The van der Waals surface area contributed by atoms with Crippen molar-refractivity contribution in [3.05, 3.63) is 62.2 Å². The highest BCUT2D eigenvalue weighted by Gasteiger charge is 2.30. The molecule has 3 aromatic rings. The average molecular weight is 479 g/mol. The third-order valence-corrected chi connectivity index (χ3v) is 6.94. The molecule has 1 heterocycles. The van der Waals surface area contributed by atoms with E-state index in [1.54, 1.807) is 22.8 Å². The molecule has 1 amide bonds. The highest BCUT2D eigenvalue weighted by atomic mass is 32.2. The van der Waals surface area contributed by atoms with Gasteiger partial charge in [0.1, 0.15) is 6.04 Å². The summed E-state index contributed by atoms with van der Waals surface area (Å²) < 4.78 is 28.0. The number of fused-ring (bicyclic) bond motifs is 1. The molecule has 1 unspecified atom stereocenters. The van der Waals surface area contributed by atoms with Crippen LogP contribution in [0, 0.1) is 10.1 Å². The first-order chi connectivity index (χ1) is 14.9. The second-order valence-electron chi connectivity index (χ2n) is 7.52. The molecular weight excluding hydrogens is 456 g/mol. The van der Waals surface area contributed by atoms with Crippen molar-refractivity contribution in [3.8, 4) is 0 Å². The molecule has 0 radical (unpaired) electrons. The zero-order chi connectivity index (χ0) is 23.8. The third kappa shape index (κ3) is 4.65. The molecule has 0 aliphatic heterocycles. The second-order valence-corrected chi connectivity index (χ2v) is 10.4. The van der Waals surface area contributed by atoms with Gasteiger partial charge in [-0.1, -0.05) is 17.4 Å². The van der Waals surface area contributed by atoms with Gasteiger partial charge in [-0.3, -0.25) is 28.6 Å². The van der Waals surface area contributed by atoms with Gasteiger partial charge in [0.25, 0.3) is 5.69 Å². The molecule has 1 aromatic heterocycles. The molecule has 12 heteroatoms. The van der Waals surface area contributed by atoms with E-state index < -0.39 is 26.9 Å². The molecule has 0 fully saturated rings. The van der Waals surface area contributed by atoms with Gasteiger partial charge in [-0.05, 0) is 45.0 Å². The van der Waals surface area contributed by atoms with E-state index in [0.29, 0.717) is 10.4 Å². The summed E-state index contributed by atoms with van der Waals surface area (Å²) in [6, 6.07) is 8.88. The lowest BCUT2D eigenvalue weighted by molar-refractivity contribution is -0.384. The minimum absolute atomic E-state index is 0.00651. The highest BCUT2D eigenvalue weighted by molar-refractivity contribution is 7.92. The summed E-state index contributed by atoms with van der Waals surface area (Å²) in [5.41, 5.74) is 0.861. The van der Waals surface area contributed by atoms with Crippen LogP contribution in [0.3, 0.4) is 0 Å². The van der Waals surface area contributed by atoms with Gasteiger partial charge < -0.3 is 5.32 Å². The van der Waals surface area contributed by atoms with Crippen LogP contribution in [0.4, 0.5) is 17.1 Å². The van der Waals surface area contributed by atoms with Crippen molar-refractivity contribution >= 4 is 54.5 Å². The van der Waals surface area contributed by atoms with Crippen LogP contribution < -0.4 is 14.5 Å². The number of anilines is 2. The second kappa shape index (κ2) is 8.71. The minimum Gasteiger partial charge on any atom is -0.324 e. The van der Waals surface area contributed by atoms with Crippen molar-refractivity contribution < 1.29 is 18.1 Å². The number of carbonyl (C=O) groups excluding carboxylic acids is 1. The Kier molecular flexibility index (Phi) is 6.37. The van der Waals surface area contributed by atoms with Crippen LogP contribution in [0.2, 0.25) is 0 Å². The summed E-state index contributed by atoms with van der Waals surface area (Å²) in [5, 5.41) is 13.7. The Morgan fingerprint density at radius 1 is 1.19 bits per heavy atom. The predicted octanol–water partition coefficient (Wildman–Crippen LogP) is 3.35. The molecule has 32 heavy (non-hydrogen) atoms. The van der Waals surface area contributed by atoms with Crippen LogP contribution in [0.5, 0.6) is 0 Å². The van der Waals surface area contributed by atoms with E-state index in [-0.39, 0.29) is 22.3 Å². The maximum Gasteiger partial charge on any atom is 0.308 e. The van der Waals surface area contributed by atoms with Gasteiger partial charge >= 0.3 is 4.87 Å². The Morgan fingerprint density at radius 3 is 2.47 bits per heavy atom. The predicted molar refractivity (Wildman–Crippen MR) is 125 cm³/mol. The summed E-state index contributed by atoms with van der Waals surface area (Å²) >= 11 is 1.05. The third-order valence-electron chi connectivity index (χ3n) is 4.78. The lowest BCUT2D eigenvalue weighted by Gasteiger charge is -2.28. The smallest absolute Gasteiger partial charge is 0.308 e. The van der Waals surface area contributed by atoms with Gasteiger partial charge in [-0.2, -0.15) is 0 Å². The largest absolute Gasteiger partial charge is 0.324 e. The molecular formula is C20H22N4O6S2. The first-order valence-electron chi connectivity index (χ1n) is 9.60. The van der Waals surface area contributed by atoms with Gasteiger partial charge in [0.05, 0.1) is 27.1 Å². The Balaban J connectivity index is 1.92. The quantitative estimate of drug-likeness (QED) is 0.409. The molecule has 0 aliphatic rings. The van der Waals surface area contributed by atoms with Gasteiger partial charge in [-0.15, -0.1) is 0 Å². The van der Waals surface area contributed by atoms with E-state index in [1.165, 1.54) is 25.1 Å². The highest BCUT2D eigenvalue weighted by Crippen LogP contribution is 2.27. The van der Waals surface area contributed by atoms with E-state index >= 15 is 0 Å². The van der Waals surface area contributed by atoms with Gasteiger partial charge in [0, 0.05) is 23.9 Å². The Labute approximate surface area is 188 Å². The fourth-order valence-corrected chi connectivity index (χ4v) is 5.62. The number of sulfonamides is 1. The molecule has 0 saturated heterocycles. The monoisotopic (exact) mass is 478 g/mol. The number of non-ortho nitro benzene ring substituents is 1. The number of hydrogen-bond donors (Lipinski definition) is 1. The molecule has 10 nitrogen and oxygen atoms in total. The Hall–Kier alpha value is -3.25. The lowest BCUT2D eigenvalue weighted by Crippen LogP contribution is -2.45. The van der Waals surface area contributed by atoms with E-state index in [9.17, 15) is 28.1 Å². The minimum atomic E-state index is -3.94. The SMILES string of the molecule is CC(C(=O)Nc1ccc2c(c1)sc(=O)n2C(C)C)N(c1cccc([N+](=O)[O-])c1)S(C)(=O)=O. The van der Waals surface area contributed by atoms with Crippen molar-refractivity contribution in [2.24, 2.45) is 0 Å². The fraction of sp³-hybridized carbons (Fsp3) is 0.300. The molecule has 1 atom stereocenters. The zero-order valence-electron chi connectivity index (χ0n) is 17.8. The number of nitro benzene ring substituents is 1. The summed E-state index contributed by atoms with van der Waals surface area (Å²) in [5.74, 6) is -0.628. The maximum absolute atomic E-state index is 12.9. The number of thiazole rings is 1. The van der Waals surface area contributed by atoms with Gasteiger partial charge in [0.2, 0.25) is 15.9 Å². The number of hydrogen-bond acceptors (Lipinski definition) is 7. The Morgan fingerprint density at radius 2 is 1.88 bits per heavy atom. The maximum atomic E-state index is 12.9. The molecule has 0 spiro atoms. The van der Waals surface area contributed by atoms with Crippen LogP contribution in [-0.4, -0.2) is 36.1 Å². The number of nitrogens with zero attached hydrogens (tertiary/aromatic N) is 3. The van der Waals surface area contributed by atoms with Crippen LogP contribution in [0.25, 0.3) is 10.2 Å². The molecule has 2 aromatic carbocycles. The van der Waals surface area contributed by atoms with E-state index in [4.69, 9.17) is 0 Å². The van der Waals surface area contributed by atoms with Gasteiger partial charge in [0.15, 0.2) is 0 Å². The summed E-state index contributed by atoms with van der Waals surface area (Å²) in [4.78, 5) is 35.5. The van der Waals surface area contributed by atoms with Crippen molar-refractivity contribution in [3.63, 3.8) is 0 Å². The van der Waals surface area contributed by atoms with Crippen LogP contribution in [-0.2, 0) is 14.8 Å². The number of benzene rings is 2. The molecule has 0 bridgehead atoms. The summed E-state index contributed by atoms with van der Waals surface area (Å²) in [7, 11) is -3.94. The molecule has 3 rings (SSSR count). The number of carbonyl (C=O) groups is 1. The van der Waals surface area contributed by atoms with Crippen molar-refractivity contribution in [2.45, 2.75) is 32.9 Å². The van der Waals surface area contributed by atoms with Crippen molar-refractivity contribution in [1.82, 2.24) is 4.57 Å². The zero-order valence-corrected chi connectivity index (χ0v) is 19.4. The molecule has 0 aliphatic carbocycles. The number of aromatic nitrogens is 1. The first-order valence-corrected chi connectivity index (χ1v) is 12.3. The molecule has 0 saturated carbocycles. The van der Waals surface area contributed by atoms with E-state index in [1.807, 2.05) is 13.8 Å². The van der Waals surface area contributed by atoms with Crippen LogP contribution in [0.1, 0.15) is 26.8 Å². The first kappa shape index (κ1) is 23.4. The van der Waals surface area contributed by atoms with E-state index in [0.717, 1.165) is 33.5 Å². The molecule has 1 N–H and O–H groups in total.